The quantitative estimate of drug-likeness (QED) is 0.802. The highest BCUT2D eigenvalue weighted by Gasteiger charge is 2.16. The molecule has 0 heterocycles. The van der Waals surface area contributed by atoms with Crippen molar-refractivity contribution in [3.05, 3.63) is 35.4 Å². The van der Waals surface area contributed by atoms with Crippen LogP contribution >= 0.6 is 11.6 Å². The van der Waals surface area contributed by atoms with Crippen molar-refractivity contribution < 1.29 is 4.79 Å². The molecule has 0 aliphatic heterocycles. The van der Waals surface area contributed by atoms with Gasteiger partial charge >= 0.3 is 0 Å². The summed E-state index contributed by atoms with van der Waals surface area (Å²) < 4.78 is 0. The van der Waals surface area contributed by atoms with Crippen LogP contribution in [-0.4, -0.2) is 12.5 Å². The van der Waals surface area contributed by atoms with Crippen LogP contribution in [0, 0.1) is 5.92 Å². The van der Waals surface area contributed by atoms with Gasteiger partial charge in [0.25, 0.3) is 0 Å². The lowest BCUT2D eigenvalue weighted by atomic mass is 10.0. The van der Waals surface area contributed by atoms with E-state index in [0.717, 1.165) is 12.0 Å². The normalized spacial score (nSPS) is 12.5. The number of carbonyl (C=O) groups excluding carboxylic acids is 1. The molecule has 1 amide bonds. The van der Waals surface area contributed by atoms with E-state index in [-0.39, 0.29) is 5.91 Å². The third-order valence-corrected chi connectivity index (χ3v) is 2.95. The fourth-order valence-electron chi connectivity index (χ4n) is 1.71. The molecular formula is C14H20ClNO. The molecular weight excluding hydrogens is 234 g/mol. The summed E-state index contributed by atoms with van der Waals surface area (Å²) in [6.07, 6.45) is 1.05. The molecule has 1 N–H and O–H groups in total. The summed E-state index contributed by atoms with van der Waals surface area (Å²) in [7, 11) is 0. The minimum absolute atomic E-state index is 0.134. The largest absolute Gasteiger partial charge is 0.355 e. The van der Waals surface area contributed by atoms with Crippen molar-refractivity contribution >= 4 is 17.5 Å². The Balaban J connectivity index is 2.70. The summed E-state index contributed by atoms with van der Waals surface area (Å²) in [6.45, 7) is 6.86. The Labute approximate surface area is 108 Å². The highest BCUT2D eigenvalue weighted by atomic mass is 35.5. The number of amides is 1. The van der Waals surface area contributed by atoms with E-state index in [1.165, 1.54) is 5.56 Å². The number of halogens is 1. The Bertz CT molecular complexity index is 359. The standard InChI is InChI=1S/C14H20ClNO/c1-4-16-14(17)13(15)12-7-5-11(6-8-12)9-10(2)3/h5-8,10,13H,4,9H2,1-3H3,(H,16,17). The van der Waals surface area contributed by atoms with Gasteiger partial charge in [-0.3, -0.25) is 4.79 Å². The number of alkyl halides is 1. The van der Waals surface area contributed by atoms with Crippen molar-refractivity contribution in [2.24, 2.45) is 5.92 Å². The van der Waals surface area contributed by atoms with Crippen LogP contribution in [0.2, 0.25) is 0 Å². The number of hydrogen-bond acceptors (Lipinski definition) is 1. The van der Waals surface area contributed by atoms with Crippen molar-refractivity contribution in [1.82, 2.24) is 5.32 Å². The van der Waals surface area contributed by atoms with Crippen LogP contribution in [-0.2, 0) is 11.2 Å². The zero-order valence-electron chi connectivity index (χ0n) is 10.7. The van der Waals surface area contributed by atoms with Crippen LogP contribution in [0.1, 0.15) is 37.3 Å². The van der Waals surface area contributed by atoms with Gasteiger partial charge in [-0.1, -0.05) is 38.1 Å². The molecule has 0 spiro atoms. The van der Waals surface area contributed by atoms with Crippen LogP contribution in [0.3, 0.4) is 0 Å². The molecule has 1 atom stereocenters. The first-order valence-corrected chi connectivity index (χ1v) is 6.48. The number of hydrogen-bond donors (Lipinski definition) is 1. The van der Waals surface area contributed by atoms with Gasteiger partial charge in [-0.15, -0.1) is 11.6 Å². The average molecular weight is 254 g/mol. The highest BCUT2D eigenvalue weighted by Crippen LogP contribution is 2.21. The molecule has 17 heavy (non-hydrogen) atoms. The van der Waals surface area contributed by atoms with E-state index < -0.39 is 5.38 Å². The summed E-state index contributed by atoms with van der Waals surface area (Å²) in [6, 6.07) is 7.96. The SMILES string of the molecule is CCNC(=O)C(Cl)c1ccc(CC(C)C)cc1. The summed E-state index contributed by atoms with van der Waals surface area (Å²) in [5.74, 6) is 0.502. The van der Waals surface area contributed by atoms with Crippen LogP contribution in [0.25, 0.3) is 0 Å². The maximum atomic E-state index is 11.6. The Morgan fingerprint density at radius 1 is 1.29 bits per heavy atom. The summed E-state index contributed by atoms with van der Waals surface area (Å²) >= 11 is 6.08. The van der Waals surface area contributed by atoms with Crippen molar-refractivity contribution in [1.29, 1.82) is 0 Å². The molecule has 0 aliphatic rings. The van der Waals surface area contributed by atoms with Crippen LogP contribution in [0.4, 0.5) is 0 Å². The number of likely N-dealkylation sites (N-methyl/N-ethyl adjacent to an activating group) is 1. The zero-order chi connectivity index (χ0) is 12.8. The van der Waals surface area contributed by atoms with Crippen molar-refractivity contribution in [3.8, 4) is 0 Å². The molecule has 0 fully saturated rings. The van der Waals surface area contributed by atoms with Gasteiger partial charge in [0.2, 0.25) is 5.91 Å². The third kappa shape index (κ3) is 4.39. The van der Waals surface area contributed by atoms with Gasteiger partial charge in [-0.25, -0.2) is 0 Å². The lowest BCUT2D eigenvalue weighted by Crippen LogP contribution is -2.26. The number of rotatable bonds is 5. The smallest absolute Gasteiger partial charge is 0.242 e. The molecule has 0 bridgehead atoms. The molecule has 3 heteroatoms. The van der Waals surface area contributed by atoms with Gasteiger partial charge in [0.05, 0.1) is 0 Å². The Morgan fingerprint density at radius 2 is 1.88 bits per heavy atom. The predicted molar refractivity (Wildman–Crippen MR) is 72.3 cm³/mol. The minimum Gasteiger partial charge on any atom is -0.355 e. The monoisotopic (exact) mass is 253 g/mol. The van der Waals surface area contributed by atoms with Gasteiger partial charge in [-0.05, 0) is 30.4 Å². The second-order valence-electron chi connectivity index (χ2n) is 4.60. The van der Waals surface area contributed by atoms with E-state index in [9.17, 15) is 4.79 Å². The number of benzene rings is 1. The van der Waals surface area contributed by atoms with Crippen LogP contribution < -0.4 is 5.32 Å². The molecule has 1 rings (SSSR count). The first-order valence-electron chi connectivity index (χ1n) is 6.05. The molecule has 0 saturated carbocycles. The minimum atomic E-state index is -0.594. The van der Waals surface area contributed by atoms with Gasteiger partial charge in [0.1, 0.15) is 5.38 Å². The average Bonchev–Trinajstić information content (AvgIpc) is 2.28. The van der Waals surface area contributed by atoms with E-state index in [1.807, 2.05) is 31.2 Å². The fourth-order valence-corrected chi connectivity index (χ4v) is 1.93. The van der Waals surface area contributed by atoms with Crippen molar-refractivity contribution in [3.63, 3.8) is 0 Å². The van der Waals surface area contributed by atoms with E-state index in [0.29, 0.717) is 12.5 Å². The Morgan fingerprint density at radius 3 is 2.35 bits per heavy atom. The third-order valence-electron chi connectivity index (χ3n) is 2.50. The van der Waals surface area contributed by atoms with E-state index in [4.69, 9.17) is 11.6 Å². The summed E-state index contributed by atoms with van der Waals surface area (Å²) in [5, 5.41) is 2.13. The molecule has 2 nitrogen and oxygen atoms in total. The van der Waals surface area contributed by atoms with Crippen LogP contribution in [0.15, 0.2) is 24.3 Å². The second kappa shape index (κ2) is 6.65. The van der Waals surface area contributed by atoms with Crippen molar-refractivity contribution in [2.75, 3.05) is 6.54 Å². The number of nitrogens with one attached hydrogen (secondary N) is 1. The molecule has 1 unspecified atom stereocenters. The van der Waals surface area contributed by atoms with Gasteiger partial charge in [0.15, 0.2) is 0 Å². The first-order chi connectivity index (χ1) is 8.04. The van der Waals surface area contributed by atoms with E-state index in [2.05, 4.69) is 19.2 Å². The lowest BCUT2D eigenvalue weighted by Gasteiger charge is -2.11. The van der Waals surface area contributed by atoms with Gasteiger partial charge in [0, 0.05) is 6.54 Å². The molecule has 0 saturated heterocycles. The highest BCUT2D eigenvalue weighted by molar-refractivity contribution is 6.30. The lowest BCUT2D eigenvalue weighted by molar-refractivity contribution is -0.120. The summed E-state index contributed by atoms with van der Waals surface area (Å²) in [5.41, 5.74) is 2.13. The Hall–Kier alpha value is -1.02. The van der Waals surface area contributed by atoms with Gasteiger partial charge < -0.3 is 5.32 Å². The zero-order valence-corrected chi connectivity index (χ0v) is 11.4. The molecule has 0 aromatic heterocycles. The predicted octanol–water partition coefficient (Wildman–Crippen LogP) is 3.30. The van der Waals surface area contributed by atoms with E-state index >= 15 is 0 Å². The van der Waals surface area contributed by atoms with Gasteiger partial charge in [-0.2, -0.15) is 0 Å². The molecule has 1 aromatic rings. The van der Waals surface area contributed by atoms with E-state index in [1.54, 1.807) is 0 Å². The first kappa shape index (κ1) is 14.0. The van der Waals surface area contributed by atoms with Crippen LogP contribution in [0.5, 0.6) is 0 Å². The second-order valence-corrected chi connectivity index (χ2v) is 5.03. The molecule has 1 aromatic carbocycles. The maximum Gasteiger partial charge on any atom is 0.242 e. The fraction of sp³-hybridized carbons (Fsp3) is 0.500. The Kier molecular flexibility index (Phi) is 5.49. The molecule has 0 radical (unpaired) electrons. The topological polar surface area (TPSA) is 29.1 Å². The van der Waals surface area contributed by atoms with Crippen molar-refractivity contribution in [2.45, 2.75) is 32.6 Å². The number of carbonyl (C=O) groups is 1. The maximum absolute atomic E-state index is 11.6. The summed E-state index contributed by atoms with van der Waals surface area (Å²) in [4.78, 5) is 11.6. The molecule has 94 valence electrons. The molecule has 0 aliphatic carbocycles.